The lowest BCUT2D eigenvalue weighted by Crippen LogP contribution is -2.50. The van der Waals surface area contributed by atoms with Crippen LogP contribution >= 0.6 is 0 Å². The molecule has 3 fully saturated rings. The van der Waals surface area contributed by atoms with Crippen LogP contribution in [-0.4, -0.2) is 100.0 Å². The van der Waals surface area contributed by atoms with Gasteiger partial charge >= 0.3 is 6.03 Å². The van der Waals surface area contributed by atoms with Crippen molar-refractivity contribution in [2.45, 2.75) is 49.4 Å². The Morgan fingerprint density at radius 1 is 1.12 bits per heavy atom. The maximum atomic E-state index is 12.2. The minimum absolute atomic E-state index is 0.0499. The molecule has 8 nitrogen and oxygen atoms in total. The number of hydrogen-bond donors (Lipinski definition) is 1. The Balaban J connectivity index is 1.59. The third kappa shape index (κ3) is 4.88. The molecule has 1 aliphatic carbocycles. The number of sulfonamides is 1. The topological polar surface area (TPSA) is 82.2 Å². The van der Waals surface area contributed by atoms with Crippen molar-refractivity contribution in [1.29, 1.82) is 0 Å². The summed E-state index contributed by atoms with van der Waals surface area (Å²) < 4.78 is 32.4. The summed E-state index contributed by atoms with van der Waals surface area (Å²) in [5.41, 5.74) is 0. The molecule has 1 saturated carbocycles. The lowest BCUT2D eigenvalue weighted by molar-refractivity contribution is 0.0193. The van der Waals surface area contributed by atoms with E-state index in [1.54, 1.807) is 19.0 Å². The predicted molar refractivity (Wildman–Crippen MR) is 99.6 cm³/mol. The van der Waals surface area contributed by atoms with Gasteiger partial charge in [0.05, 0.1) is 5.25 Å². The first kappa shape index (κ1) is 19.9. The highest BCUT2D eigenvalue weighted by Crippen LogP contribution is 2.27. The van der Waals surface area contributed by atoms with Crippen molar-refractivity contribution in [2.24, 2.45) is 0 Å². The molecule has 3 aliphatic rings. The number of nitrogens with one attached hydrogen (secondary N) is 1. The first-order valence-corrected chi connectivity index (χ1v) is 11.2. The molecule has 0 aromatic heterocycles. The van der Waals surface area contributed by atoms with Gasteiger partial charge in [-0.2, -0.15) is 0 Å². The number of carbonyl (C=O) groups excluding carboxylic acids is 1. The highest BCUT2D eigenvalue weighted by Gasteiger charge is 2.37. The van der Waals surface area contributed by atoms with Gasteiger partial charge in [0.2, 0.25) is 10.0 Å². The number of nitrogens with zero attached hydrogens (tertiary/aromatic N) is 3. The van der Waals surface area contributed by atoms with E-state index in [0.717, 1.165) is 51.9 Å². The first-order valence-electron chi connectivity index (χ1n) is 9.66. The summed E-state index contributed by atoms with van der Waals surface area (Å²) in [7, 11) is 0.408. The fraction of sp³-hybridized carbons (Fsp3) is 0.941. The van der Waals surface area contributed by atoms with Crippen LogP contribution in [0, 0.1) is 0 Å². The van der Waals surface area contributed by atoms with Gasteiger partial charge in [0.15, 0.2) is 0 Å². The Hall–Kier alpha value is -0.900. The molecule has 0 radical (unpaired) electrons. The highest BCUT2D eigenvalue weighted by atomic mass is 32.2. The fourth-order valence-electron chi connectivity index (χ4n) is 3.96. The summed E-state index contributed by atoms with van der Waals surface area (Å²) in [6.07, 6.45) is 4.43. The molecule has 2 aliphatic heterocycles. The van der Waals surface area contributed by atoms with Crippen LogP contribution in [0.3, 0.4) is 0 Å². The van der Waals surface area contributed by atoms with Gasteiger partial charge < -0.3 is 14.5 Å². The minimum atomic E-state index is -3.14. The van der Waals surface area contributed by atoms with Crippen molar-refractivity contribution in [3.8, 4) is 0 Å². The molecule has 0 aromatic carbocycles. The molecule has 2 saturated heterocycles. The van der Waals surface area contributed by atoms with E-state index in [9.17, 15) is 13.2 Å². The number of rotatable bonds is 7. The lowest BCUT2D eigenvalue weighted by atomic mass is 10.0. The Labute approximate surface area is 156 Å². The Morgan fingerprint density at radius 2 is 1.81 bits per heavy atom. The van der Waals surface area contributed by atoms with Gasteiger partial charge in [-0.25, -0.2) is 17.9 Å². The molecule has 0 spiro atoms. The summed E-state index contributed by atoms with van der Waals surface area (Å²) in [4.78, 5) is 18.2. The number of ether oxygens (including phenoxy) is 1. The van der Waals surface area contributed by atoms with Gasteiger partial charge in [0, 0.05) is 65.6 Å². The summed E-state index contributed by atoms with van der Waals surface area (Å²) >= 11 is 0. The predicted octanol–water partition coefficient (Wildman–Crippen LogP) is 0.305. The van der Waals surface area contributed by atoms with Crippen LogP contribution in [-0.2, 0) is 14.8 Å². The third-order valence-electron chi connectivity index (χ3n) is 5.58. The fourth-order valence-corrected chi connectivity index (χ4v) is 5.33. The second-order valence-corrected chi connectivity index (χ2v) is 9.83. The summed E-state index contributed by atoms with van der Waals surface area (Å²) in [6.45, 7) is 4.10. The molecule has 2 amide bonds. The number of carbonyl (C=O) groups is 1. The molecule has 150 valence electrons. The van der Waals surface area contributed by atoms with E-state index in [0.29, 0.717) is 25.7 Å². The summed E-state index contributed by atoms with van der Waals surface area (Å²) in [5, 5.41) is -0.182. The average Bonchev–Trinajstić information content (AvgIpc) is 3.38. The van der Waals surface area contributed by atoms with Gasteiger partial charge in [-0.1, -0.05) is 0 Å². The molecule has 0 bridgehead atoms. The zero-order chi connectivity index (χ0) is 18.7. The van der Waals surface area contributed by atoms with Crippen LogP contribution in [0.25, 0.3) is 0 Å². The molecule has 1 unspecified atom stereocenters. The molecular weight excluding hydrogens is 356 g/mol. The van der Waals surface area contributed by atoms with E-state index < -0.39 is 10.0 Å². The molecule has 3 rings (SSSR count). The first-order chi connectivity index (χ1) is 12.4. The van der Waals surface area contributed by atoms with Gasteiger partial charge in [-0.15, -0.1) is 0 Å². The second-order valence-electron chi connectivity index (χ2n) is 7.79. The molecule has 1 N–H and O–H groups in total. The number of urea groups is 1. The van der Waals surface area contributed by atoms with E-state index in [-0.39, 0.29) is 17.3 Å². The molecule has 26 heavy (non-hydrogen) atoms. The minimum Gasteiger partial charge on any atom is -0.381 e. The van der Waals surface area contributed by atoms with Crippen LogP contribution in [0.2, 0.25) is 0 Å². The summed E-state index contributed by atoms with van der Waals surface area (Å²) in [6, 6.07) is 0.731. The van der Waals surface area contributed by atoms with Gasteiger partial charge in [-0.3, -0.25) is 4.90 Å². The van der Waals surface area contributed by atoms with E-state index in [1.807, 2.05) is 4.90 Å². The second kappa shape index (κ2) is 8.41. The van der Waals surface area contributed by atoms with Crippen LogP contribution in [0.4, 0.5) is 4.79 Å². The number of hydrogen-bond acceptors (Lipinski definition) is 5. The summed E-state index contributed by atoms with van der Waals surface area (Å²) in [5.74, 6) is 0. The number of likely N-dealkylation sites (tertiary alicyclic amines) is 1. The van der Waals surface area contributed by atoms with Gasteiger partial charge in [0.25, 0.3) is 0 Å². The van der Waals surface area contributed by atoms with Crippen molar-refractivity contribution in [1.82, 2.24) is 19.4 Å². The zero-order valence-corrected chi connectivity index (χ0v) is 16.7. The van der Waals surface area contributed by atoms with Crippen LogP contribution < -0.4 is 4.72 Å². The Morgan fingerprint density at radius 3 is 2.42 bits per heavy atom. The average molecular weight is 389 g/mol. The Bertz CT molecular complexity index is 588. The van der Waals surface area contributed by atoms with E-state index in [4.69, 9.17) is 4.74 Å². The molecule has 2 heterocycles. The van der Waals surface area contributed by atoms with Crippen molar-refractivity contribution in [3.63, 3.8) is 0 Å². The van der Waals surface area contributed by atoms with Gasteiger partial charge in [0.1, 0.15) is 0 Å². The van der Waals surface area contributed by atoms with E-state index in [1.165, 1.54) is 0 Å². The normalized spacial score (nSPS) is 25.0. The SMILES string of the molecule is CN(C)C(=O)N1CCC(N(CCNS(=O)(=O)C2CC2)C2CCOCC2)C1. The molecule has 1 atom stereocenters. The maximum Gasteiger partial charge on any atom is 0.319 e. The third-order valence-corrected chi connectivity index (χ3v) is 7.54. The monoisotopic (exact) mass is 388 g/mol. The molecule has 0 aromatic rings. The van der Waals surface area contributed by atoms with Gasteiger partial charge in [-0.05, 0) is 32.1 Å². The quantitative estimate of drug-likeness (QED) is 0.679. The van der Waals surface area contributed by atoms with E-state index >= 15 is 0 Å². The van der Waals surface area contributed by atoms with Crippen LogP contribution in [0.5, 0.6) is 0 Å². The number of amides is 2. The molecule has 9 heteroatoms. The highest BCUT2D eigenvalue weighted by molar-refractivity contribution is 7.90. The maximum absolute atomic E-state index is 12.2. The molecular formula is C17H32N4O4S. The smallest absolute Gasteiger partial charge is 0.319 e. The zero-order valence-electron chi connectivity index (χ0n) is 15.9. The van der Waals surface area contributed by atoms with Crippen LogP contribution in [0.15, 0.2) is 0 Å². The standard InChI is InChI=1S/C17H32N4O4S/c1-19(2)17(22)20-9-5-15(13-20)21(14-6-11-25-12-7-14)10-8-18-26(23,24)16-3-4-16/h14-16,18H,3-13H2,1-2H3. The lowest BCUT2D eigenvalue weighted by Gasteiger charge is -2.38. The largest absolute Gasteiger partial charge is 0.381 e. The van der Waals surface area contributed by atoms with Crippen molar-refractivity contribution in [3.05, 3.63) is 0 Å². The Kier molecular flexibility index (Phi) is 6.42. The van der Waals surface area contributed by atoms with E-state index in [2.05, 4.69) is 9.62 Å². The van der Waals surface area contributed by atoms with Crippen LogP contribution in [0.1, 0.15) is 32.1 Å². The van der Waals surface area contributed by atoms with Crippen molar-refractivity contribution >= 4 is 16.1 Å². The van der Waals surface area contributed by atoms with Crippen molar-refractivity contribution in [2.75, 3.05) is 53.5 Å². The van der Waals surface area contributed by atoms with Crippen molar-refractivity contribution < 1.29 is 17.9 Å².